The highest BCUT2D eigenvalue weighted by Gasteiger charge is 2.24. The lowest BCUT2D eigenvalue weighted by atomic mass is 10.1. The Labute approximate surface area is 168 Å². The summed E-state index contributed by atoms with van der Waals surface area (Å²) in [5, 5.41) is 25.5. The van der Waals surface area contributed by atoms with Crippen molar-refractivity contribution in [3.63, 3.8) is 0 Å². The van der Waals surface area contributed by atoms with E-state index in [1.807, 2.05) is 11.2 Å². The standard InChI is InChI=1S/C20H23N5O4/c1-2-3-4-5-17-14-15-22(16-6-10-19(11-7-16)24(26)27)21-23(17)18-8-12-20(13-9-18)25(28)29/h6-15,17,21H,2-5H2,1H3. The third-order valence-corrected chi connectivity index (χ3v) is 4.79. The summed E-state index contributed by atoms with van der Waals surface area (Å²) in [5.74, 6) is 0. The van der Waals surface area contributed by atoms with Gasteiger partial charge in [-0.2, -0.15) is 0 Å². The van der Waals surface area contributed by atoms with Gasteiger partial charge in [-0.25, -0.2) is 0 Å². The highest BCUT2D eigenvalue weighted by molar-refractivity contribution is 5.57. The molecule has 0 fully saturated rings. The topological polar surface area (TPSA) is 105 Å². The van der Waals surface area contributed by atoms with Crippen LogP contribution in [0.2, 0.25) is 0 Å². The molecule has 1 unspecified atom stereocenters. The summed E-state index contributed by atoms with van der Waals surface area (Å²) in [6, 6.07) is 12.7. The van der Waals surface area contributed by atoms with Gasteiger partial charge in [-0.3, -0.25) is 30.2 Å². The maximum Gasteiger partial charge on any atom is 0.269 e. The molecule has 0 saturated heterocycles. The first-order chi connectivity index (χ1) is 14.0. The van der Waals surface area contributed by atoms with Crippen molar-refractivity contribution in [3.05, 3.63) is 81.0 Å². The van der Waals surface area contributed by atoms with Gasteiger partial charge < -0.3 is 0 Å². The molecule has 0 aromatic heterocycles. The average molecular weight is 397 g/mol. The minimum absolute atomic E-state index is 0.0272. The van der Waals surface area contributed by atoms with Crippen LogP contribution in [-0.4, -0.2) is 15.9 Å². The van der Waals surface area contributed by atoms with E-state index in [9.17, 15) is 20.2 Å². The number of nitrogens with one attached hydrogen (secondary N) is 1. The van der Waals surface area contributed by atoms with Crippen molar-refractivity contribution in [1.29, 1.82) is 0 Å². The molecular formula is C20H23N5O4. The number of benzene rings is 2. The molecule has 9 heteroatoms. The molecule has 3 rings (SSSR count). The molecule has 2 aromatic rings. The van der Waals surface area contributed by atoms with Crippen LogP contribution in [0.15, 0.2) is 60.8 Å². The highest BCUT2D eigenvalue weighted by atomic mass is 16.6. The number of hydrogen-bond donors (Lipinski definition) is 1. The highest BCUT2D eigenvalue weighted by Crippen LogP contribution is 2.27. The maximum atomic E-state index is 10.9. The molecule has 1 atom stereocenters. The molecule has 1 aliphatic heterocycles. The minimum Gasteiger partial charge on any atom is -0.284 e. The Bertz CT molecular complexity index is 883. The summed E-state index contributed by atoms with van der Waals surface area (Å²) in [6.07, 6.45) is 8.21. The van der Waals surface area contributed by atoms with Gasteiger partial charge in [0.15, 0.2) is 0 Å². The van der Waals surface area contributed by atoms with Gasteiger partial charge in [-0.1, -0.05) is 26.2 Å². The van der Waals surface area contributed by atoms with Gasteiger partial charge in [0.25, 0.3) is 11.4 Å². The van der Waals surface area contributed by atoms with E-state index in [0.29, 0.717) is 0 Å². The van der Waals surface area contributed by atoms with Gasteiger partial charge >= 0.3 is 0 Å². The smallest absolute Gasteiger partial charge is 0.269 e. The fourth-order valence-electron chi connectivity index (χ4n) is 3.19. The molecule has 0 spiro atoms. The second-order valence-electron chi connectivity index (χ2n) is 6.79. The summed E-state index contributed by atoms with van der Waals surface area (Å²) in [7, 11) is 0. The van der Waals surface area contributed by atoms with Crippen LogP contribution in [0.5, 0.6) is 0 Å². The Morgan fingerprint density at radius 1 is 0.897 bits per heavy atom. The second kappa shape index (κ2) is 9.16. The molecule has 1 heterocycles. The van der Waals surface area contributed by atoms with Crippen LogP contribution in [0.3, 0.4) is 0 Å². The van der Waals surface area contributed by atoms with Gasteiger partial charge in [0.05, 0.1) is 27.3 Å². The number of unbranched alkanes of at least 4 members (excludes halogenated alkanes) is 2. The summed E-state index contributed by atoms with van der Waals surface area (Å²) >= 11 is 0. The number of hydrazine groups is 2. The molecule has 29 heavy (non-hydrogen) atoms. The largest absolute Gasteiger partial charge is 0.284 e. The molecule has 152 valence electrons. The Balaban J connectivity index is 1.84. The van der Waals surface area contributed by atoms with Crippen molar-refractivity contribution in [2.24, 2.45) is 0 Å². The molecular weight excluding hydrogens is 374 g/mol. The average Bonchev–Trinajstić information content (AvgIpc) is 2.74. The summed E-state index contributed by atoms with van der Waals surface area (Å²) in [5.41, 5.74) is 4.91. The number of nitro benzene ring substituents is 2. The van der Waals surface area contributed by atoms with Crippen molar-refractivity contribution in [2.75, 3.05) is 10.0 Å². The number of anilines is 2. The molecule has 2 aromatic carbocycles. The normalized spacial score (nSPS) is 16.1. The Kier molecular flexibility index (Phi) is 6.40. The van der Waals surface area contributed by atoms with Crippen LogP contribution in [0.25, 0.3) is 0 Å². The third-order valence-electron chi connectivity index (χ3n) is 4.79. The number of nitrogens with zero attached hydrogens (tertiary/aromatic N) is 4. The van der Waals surface area contributed by atoms with Crippen molar-refractivity contribution in [3.8, 4) is 0 Å². The number of hydrogen-bond acceptors (Lipinski definition) is 7. The minimum atomic E-state index is -0.434. The van der Waals surface area contributed by atoms with E-state index in [1.54, 1.807) is 29.3 Å². The predicted octanol–water partition coefficient (Wildman–Crippen LogP) is 4.71. The fraction of sp³-hybridized carbons (Fsp3) is 0.300. The van der Waals surface area contributed by atoms with Crippen LogP contribution in [0, 0.1) is 20.2 Å². The van der Waals surface area contributed by atoms with E-state index >= 15 is 0 Å². The molecule has 0 amide bonds. The fourth-order valence-corrected chi connectivity index (χ4v) is 3.19. The van der Waals surface area contributed by atoms with Gasteiger partial charge in [0.1, 0.15) is 0 Å². The van der Waals surface area contributed by atoms with E-state index in [0.717, 1.165) is 37.1 Å². The van der Waals surface area contributed by atoms with Crippen molar-refractivity contribution < 1.29 is 9.85 Å². The number of nitro groups is 2. The first kappa shape index (κ1) is 20.3. The third kappa shape index (κ3) is 4.88. The maximum absolute atomic E-state index is 10.9. The first-order valence-corrected chi connectivity index (χ1v) is 9.51. The van der Waals surface area contributed by atoms with E-state index in [1.165, 1.54) is 24.3 Å². The van der Waals surface area contributed by atoms with Crippen molar-refractivity contribution in [2.45, 2.75) is 38.6 Å². The second-order valence-corrected chi connectivity index (χ2v) is 6.79. The summed E-state index contributed by atoms with van der Waals surface area (Å²) < 4.78 is 0. The molecule has 1 N–H and O–H groups in total. The summed E-state index contributed by atoms with van der Waals surface area (Å²) in [6.45, 7) is 2.15. The van der Waals surface area contributed by atoms with Crippen LogP contribution >= 0.6 is 0 Å². The van der Waals surface area contributed by atoms with Crippen LogP contribution in [0.4, 0.5) is 22.7 Å². The van der Waals surface area contributed by atoms with Gasteiger partial charge in [0.2, 0.25) is 0 Å². The zero-order valence-corrected chi connectivity index (χ0v) is 16.1. The molecule has 9 nitrogen and oxygen atoms in total. The van der Waals surface area contributed by atoms with Gasteiger partial charge in [-0.15, -0.1) is 5.53 Å². The predicted molar refractivity (Wildman–Crippen MR) is 111 cm³/mol. The molecule has 0 aliphatic carbocycles. The quantitative estimate of drug-likeness (QED) is 0.390. The Morgan fingerprint density at radius 3 is 1.97 bits per heavy atom. The van der Waals surface area contributed by atoms with E-state index in [4.69, 9.17) is 0 Å². The van der Waals surface area contributed by atoms with Crippen molar-refractivity contribution >= 4 is 22.7 Å². The van der Waals surface area contributed by atoms with Crippen molar-refractivity contribution in [1.82, 2.24) is 5.53 Å². The SMILES string of the molecule is CCCCCC1C=CN(c2ccc([N+](=O)[O-])cc2)NN1c1ccc([N+](=O)[O-])cc1. The lowest BCUT2D eigenvalue weighted by Crippen LogP contribution is -2.55. The molecule has 0 radical (unpaired) electrons. The van der Waals surface area contributed by atoms with E-state index in [-0.39, 0.29) is 17.4 Å². The Hall–Kier alpha value is -3.46. The van der Waals surface area contributed by atoms with Gasteiger partial charge in [-0.05, 0) is 36.8 Å². The van der Waals surface area contributed by atoms with E-state index < -0.39 is 9.85 Å². The van der Waals surface area contributed by atoms with E-state index in [2.05, 4.69) is 18.5 Å². The van der Waals surface area contributed by atoms with Gasteiger partial charge in [0, 0.05) is 30.5 Å². The molecule has 0 bridgehead atoms. The lowest BCUT2D eigenvalue weighted by molar-refractivity contribution is -0.385. The molecule has 1 aliphatic rings. The zero-order valence-electron chi connectivity index (χ0n) is 16.1. The molecule has 0 saturated carbocycles. The first-order valence-electron chi connectivity index (χ1n) is 9.51. The van der Waals surface area contributed by atoms with Crippen LogP contribution < -0.4 is 15.6 Å². The Morgan fingerprint density at radius 2 is 1.45 bits per heavy atom. The number of non-ortho nitro benzene ring substituents is 2. The summed E-state index contributed by atoms with van der Waals surface area (Å²) in [4.78, 5) is 21.0. The van der Waals surface area contributed by atoms with Crippen LogP contribution in [0.1, 0.15) is 32.6 Å². The number of rotatable bonds is 8. The monoisotopic (exact) mass is 397 g/mol. The lowest BCUT2D eigenvalue weighted by Gasteiger charge is -2.40. The zero-order chi connectivity index (χ0) is 20.8. The van der Waals surface area contributed by atoms with Crippen LogP contribution in [-0.2, 0) is 0 Å².